The van der Waals surface area contributed by atoms with Crippen LogP contribution in [0.4, 0.5) is 11.4 Å². The zero-order valence-corrected chi connectivity index (χ0v) is 15.8. The molecule has 1 amide bonds. The number of ether oxygens (including phenoxy) is 1. The maximum Gasteiger partial charge on any atom is 0.260 e. The summed E-state index contributed by atoms with van der Waals surface area (Å²) in [4.78, 5) is 15.0. The first-order chi connectivity index (χ1) is 13.1. The normalized spacial score (nSPS) is 15.6. The van der Waals surface area contributed by atoms with E-state index in [0.717, 1.165) is 22.5 Å². The van der Waals surface area contributed by atoms with Crippen LogP contribution in [-0.2, 0) is 0 Å². The standard InChI is InChI=1S/C22H19ClN2O2/c1-14-7-3-6-10-19(14)25-21(16-8-4-5-9-17(16)22(25)26)24-15-11-12-20(27-2)18(23)13-15/h3-13,21,24H,1-2H3/t21-/m0/s1. The number of methoxy groups -OCH3 is 1. The fourth-order valence-corrected chi connectivity index (χ4v) is 3.71. The summed E-state index contributed by atoms with van der Waals surface area (Å²) in [7, 11) is 1.58. The first kappa shape index (κ1) is 17.4. The molecule has 27 heavy (non-hydrogen) atoms. The van der Waals surface area contributed by atoms with Crippen LogP contribution in [-0.4, -0.2) is 13.0 Å². The highest BCUT2D eigenvalue weighted by molar-refractivity contribution is 6.32. The SMILES string of the molecule is COc1ccc(N[C@@H]2c3ccccc3C(=O)N2c2ccccc2C)cc1Cl. The number of benzene rings is 3. The number of hydrogen-bond acceptors (Lipinski definition) is 3. The van der Waals surface area contributed by atoms with Crippen LogP contribution in [0.3, 0.4) is 0 Å². The second kappa shape index (κ2) is 6.97. The number of rotatable bonds is 4. The van der Waals surface area contributed by atoms with Crippen molar-refractivity contribution >= 4 is 28.9 Å². The summed E-state index contributed by atoms with van der Waals surface area (Å²) < 4.78 is 5.23. The highest BCUT2D eigenvalue weighted by Crippen LogP contribution is 2.40. The quantitative estimate of drug-likeness (QED) is 0.658. The van der Waals surface area contributed by atoms with Crippen LogP contribution in [0, 0.1) is 6.92 Å². The zero-order chi connectivity index (χ0) is 19.0. The molecule has 1 atom stereocenters. The van der Waals surface area contributed by atoms with Crippen LogP contribution in [0.15, 0.2) is 66.7 Å². The summed E-state index contributed by atoms with van der Waals surface area (Å²) in [5.41, 5.74) is 4.39. The maximum absolute atomic E-state index is 13.2. The monoisotopic (exact) mass is 378 g/mol. The average Bonchev–Trinajstić information content (AvgIpc) is 2.95. The minimum Gasteiger partial charge on any atom is -0.495 e. The van der Waals surface area contributed by atoms with E-state index in [1.807, 2.05) is 73.7 Å². The van der Waals surface area contributed by atoms with Gasteiger partial charge in [0.05, 0.1) is 12.1 Å². The highest BCUT2D eigenvalue weighted by Gasteiger charge is 2.38. The Hall–Kier alpha value is -2.98. The van der Waals surface area contributed by atoms with Gasteiger partial charge in [0.2, 0.25) is 0 Å². The van der Waals surface area contributed by atoms with E-state index in [2.05, 4.69) is 5.32 Å². The number of fused-ring (bicyclic) bond motifs is 1. The fourth-order valence-electron chi connectivity index (χ4n) is 3.45. The Morgan fingerprint density at radius 1 is 1.04 bits per heavy atom. The summed E-state index contributed by atoms with van der Waals surface area (Å²) in [6.07, 6.45) is -0.320. The summed E-state index contributed by atoms with van der Waals surface area (Å²) in [6.45, 7) is 2.01. The molecule has 0 saturated carbocycles. The summed E-state index contributed by atoms with van der Waals surface area (Å²) in [5.74, 6) is 0.595. The molecule has 0 unspecified atom stereocenters. The van der Waals surface area contributed by atoms with Crippen molar-refractivity contribution in [3.63, 3.8) is 0 Å². The molecule has 0 saturated heterocycles. The van der Waals surface area contributed by atoms with Gasteiger partial charge in [-0.2, -0.15) is 0 Å². The van der Waals surface area contributed by atoms with Crippen molar-refractivity contribution in [2.24, 2.45) is 0 Å². The predicted octanol–water partition coefficient (Wildman–Crippen LogP) is 5.43. The van der Waals surface area contributed by atoms with Crippen molar-refractivity contribution in [2.45, 2.75) is 13.1 Å². The molecule has 4 nitrogen and oxygen atoms in total. The van der Waals surface area contributed by atoms with Crippen LogP contribution < -0.4 is 15.0 Å². The van der Waals surface area contributed by atoms with Gasteiger partial charge < -0.3 is 10.1 Å². The minimum atomic E-state index is -0.320. The van der Waals surface area contributed by atoms with Gasteiger partial charge in [0.15, 0.2) is 0 Å². The Morgan fingerprint density at radius 2 is 1.78 bits per heavy atom. The number of carbonyl (C=O) groups excluding carboxylic acids is 1. The molecule has 136 valence electrons. The summed E-state index contributed by atoms with van der Waals surface area (Å²) in [5, 5.41) is 3.98. The van der Waals surface area contributed by atoms with Crippen molar-refractivity contribution < 1.29 is 9.53 Å². The molecule has 0 aliphatic carbocycles. The Balaban J connectivity index is 1.78. The lowest BCUT2D eigenvalue weighted by Gasteiger charge is -2.28. The molecule has 1 heterocycles. The van der Waals surface area contributed by atoms with Gasteiger partial charge in [-0.05, 0) is 42.8 Å². The van der Waals surface area contributed by atoms with E-state index in [1.165, 1.54) is 0 Å². The number of anilines is 2. The lowest BCUT2D eigenvalue weighted by atomic mass is 10.1. The second-order valence-corrected chi connectivity index (χ2v) is 6.85. The average molecular weight is 379 g/mol. The predicted molar refractivity (Wildman–Crippen MR) is 109 cm³/mol. The van der Waals surface area contributed by atoms with Crippen LogP contribution >= 0.6 is 11.6 Å². The molecule has 1 aliphatic heterocycles. The third-order valence-electron chi connectivity index (χ3n) is 4.79. The van der Waals surface area contributed by atoms with Gasteiger partial charge in [-0.15, -0.1) is 0 Å². The number of nitrogens with one attached hydrogen (secondary N) is 1. The molecule has 5 heteroatoms. The van der Waals surface area contributed by atoms with Crippen molar-refractivity contribution in [1.82, 2.24) is 0 Å². The molecule has 1 N–H and O–H groups in total. The largest absolute Gasteiger partial charge is 0.495 e. The molecule has 0 aromatic heterocycles. The molecule has 0 fully saturated rings. The van der Waals surface area contributed by atoms with E-state index in [0.29, 0.717) is 16.3 Å². The van der Waals surface area contributed by atoms with Crippen LogP contribution in [0.5, 0.6) is 5.75 Å². The van der Waals surface area contributed by atoms with Gasteiger partial charge in [-0.25, -0.2) is 0 Å². The highest BCUT2D eigenvalue weighted by atomic mass is 35.5. The molecule has 3 aromatic carbocycles. The number of para-hydroxylation sites is 1. The Labute approximate surface area is 163 Å². The van der Waals surface area contributed by atoms with Crippen molar-refractivity contribution in [1.29, 1.82) is 0 Å². The van der Waals surface area contributed by atoms with E-state index in [9.17, 15) is 4.79 Å². The molecule has 4 rings (SSSR count). The van der Waals surface area contributed by atoms with Crippen LogP contribution in [0.25, 0.3) is 0 Å². The van der Waals surface area contributed by atoms with Gasteiger partial charge in [0.1, 0.15) is 11.9 Å². The Kier molecular flexibility index (Phi) is 4.50. The Bertz CT molecular complexity index is 1020. The molecular formula is C22H19ClN2O2. The zero-order valence-electron chi connectivity index (χ0n) is 15.1. The van der Waals surface area contributed by atoms with E-state index in [1.54, 1.807) is 12.0 Å². The molecule has 0 bridgehead atoms. The van der Waals surface area contributed by atoms with Crippen molar-refractivity contribution in [3.8, 4) is 5.75 Å². The number of carbonyl (C=O) groups is 1. The van der Waals surface area contributed by atoms with E-state index < -0.39 is 0 Å². The number of nitrogens with zero attached hydrogens (tertiary/aromatic N) is 1. The first-order valence-electron chi connectivity index (χ1n) is 8.68. The van der Waals surface area contributed by atoms with Crippen LogP contribution in [0.1, 0.15) is 27.7 Å². The smallest absolute Gasteiger partial charge is 0.260 e. The summed E-state index contributed by atoms with van der Waals surface area (Å²) >= 11 is 6.28. The van der Waals surface area contributed by atoms with E-state index in [4.69, 9.17) is 16.3 Å². The lowest BCUT2D eigenvalue weighted by molar-refractivity contribution is 0.0993. The van der Waals surface area contributed by atoms with Gasteiger partial charge >= 0.3 is 0 Å². The van der Waals surface area contributed by atoms with E-state index in [-0.39, 0.29) is 12.1 Å². The first-order valence-corrected chi connectivity index (χ1v) is 9.06. The summed E-state index contributed by atoms with van der Waals surface area (Å²) in [6, 6.07) is 21.1. The molecular weight excluding hydrogens is 360 g/mol. The maximum atomic E-state index is 13.2. The number of halogens is 1. The third kappa shape index (κ3) is 3.02. The molecule has 1 aliphatic rings. The number of aryl methyl sites for hydroxylation is 1. The van der Waals surface area contributed by atoms with Crippen molar-refractivity contribution in [3.05, 3.63) is 88.4 Å². The van der Waals surface area contributed by atoms with Gasteiger partial charge in [0, 0.05) is 22.5 Å². The second-order valence-electron chi connectivity index (χ2n) is 6.45. The van der Waals surface area contributed by atoms with E-state index >= 15 is 0 Å². The van der Waals surface area contributed by atoms with Gasteiger partial charge in [-0.1, -0.05) is 48.0 Å². The Morgan fingerprint density at radius 3 is 2.52 bits per heavy atom. The molecule has 3 aromatic rings. The van der Waals surface area contributed by atoms with Gasteiger partial charge in [-0.3, -0.25) is 9.69 Å². The number of amides is 1. The molecule has 0 spiro atoms. The number of hydrogen-bond donors (Lipinski definition) is 1. The minimum absolute atomic E-state index is 0.0167. The fraction of sp³-hybridized carbons (Fsp3) is 0.136. The van der Waals surface area contributed by atoms with Crippen LogP contribution in [0.2, 0.25) is 5.02 Å². The third-order valence-corrected chi connectivity index (χ3v) is 5.09. The molecule has 0 radical (unpaired) electrons. The topological polar surface area (TPSA) is 41.6 Å². The van der Waals surface area contributed by atoms with Gasteiger partial charge in [0.25, 0.3) is 5.91 Å². The van der Waals surface area contributed by atoms with Crippen molar-refractivity contribution in [2.75, 3.05) is 17.3 Å². The lowest BCUT2D eigenvalue weighted by Crippen LogP contribution is -2.32.